The van der Waals surface area contributed by atoms with Crippen LogP contribution in [0.25, 0.3) is 11.2 Å². The third-order valence-corrected chi connectivity index (χ3v) is 3.50. The van der Waals surface area contributed by atoms with Gasteiger partial charge in [0.2, 0.25) is 5.95 Å². The molecular weight excluding hydrogens is 266 g/mol. The number of hydrogen-bond donors (Lipinski definition) is 3. The van der Waals surface area contributed by atoms with E-state index < -0.39 is 17.6 Å². The predicted molar refractivity (Wildman–Crippen MR) is 68.7 cm³/mol. The van der Waals surface area contributed by atoms with E-state index in [4.69, 9.17) is 15.2 Å². The summed E-state index contributed by atoms with van der Waals surface area (Å²) in [6.45, 7) is -0.247. The van der Waals surface area contributed by atoms with Gasteiger partial charge in [-0.3, -0.25) is 14.3 Å². The number of imidazole rings is 1. The van der Waals surface area contributed by atoms with Crippen molar-refractivity contribution in [1.29, 1.82) is 0 Å². The monoisotopic (exact) mass is 281 g/mol. The molecule has 0 saturated carbocycles. The van der Waals surface area contributed by atoms with Gasteiger partial charge in [-0.2, -0.15) is 4.98 Å². The highest BCUT2D eigenvalue weighted by Crippen LogP contribution is 2.37. The van der Waals surface area contributed by atoms with Crippen molar-refractivity contribution in [1.82, 2.24) is 19.5 Å². The molecule has 1 saturated heterocycles. The largest absolute Gasteiger partial charge is 0.391 e. The summed E-state index contributed by atoms with van der Waals surface area (Å²) in [5.74, 6) is -1.00. The molecule has 20 heavy (non-hydrogen) atoms. The molecule has 9 nitrogen and oxygen atoms in total. The topological polar surface area (TPSA) is 128 Å². The fourth-order valence-corrected chi connectivity index (χ4v) is 2.39. The van der Waals surface area contributed by atoms with Gasteiger partial charge in [-0.1, -0.05) is 0 Å². The normalized spacial score (nSPS) is 26.4. The molecule has 3 rings (SSSR count). The second kappa shape index (κ2) is 4.54. The maximum atomic E-state index is 11.7. The van der Waals surface area contributed by atoms with E-state index in [0.717, 1.165) is 0 Å². The first-order valence-corrected chi connectivity index (χ1v) is 6.15. The number of methoxy groups -OCH3 is 1. The third-order valence-electron chi connectivity index (χ3n) is 3.50. The van der Waals surface area contributed by atoms with E-state index in [1.807, 2.05) is 0 Å². The van der Waals surface area contributed by atoms with Crippen LogP contribution in [0.15, 0.2) is 11.1 Å². The van der Waals surface area contributed by atoms with Gasteiger partial charge in [0.25, 0.3) is 5.56 Å². The van der Waals surface area contributed by atoms with Crippen LogP contribution in [0, 0.1) is 0 Å². The summed E-state index contributed by atoms with van der Waals surface area (Å²) in [6.07, 6.45) is 2.19. The van der Waals surface area contributed by atoms with Gasteiger partial charge in [0.1, 0.15) is 6.23 Å². The SMILES string of the molecule is CO[C@]1(CO)CC[C@H](n2cnc3c(=O)[nH]c(N)nc32)O1. The van der Waals surface area contributed by atoms with Crippen molar-refractivity contribution in [2.45, 2.75) is 24.9 Å². The number of aliphatic hydroxyl groups is 1. The number of fused-ring (bicyclic) bond motifs is 1. The second-order valence-corrected chi connectivity index (χ2v) is 4.66. The number of rotatable bonds is 3. The minimum absolute atomic E-state index is 0.0161. The number of aromatic nitrogens is 4. The van der Waals surface area contributed by atoms with Crippen LogP contribution in [0.5, 0.6) is 0 Å². The maximum absolute atomic E-state index is 11.7. The van der Waals surface area contributed by atoms with Crippen molar-refractivity contribution in [2.24, 2.45) is 0 Å². The summed E-state index contributed by atoms with van der Waals surface area (Å²) in [4.78, 5) is 22.2. The van der Waals surface area contributed by atoms with Crippen LogP contribution < -0.4 is 11.3 Å². The Morgan fingerprint density at radius 2 is 2.55 bits per heavy atom. The Balaban J connectivity index is 2.02. The van der Waals surface area contributed by atoms with E-state index in [2.05, 4.69) is 15.0 Å². The Bertz CT molecular complexity index is 690. The lowest BCUT2D eigenvalue weighted by Crippen LogP contribution is -2.35. The minimum Gasteiger partial charge on any atom is -0.391 e. The molecule has 0 unspecified atom stereocenters. The first-order chi connectivity index (χ1) is 9.58. The smallest absolute Gasteiger partial charge is 0.280 e. The van der Waals surface area contributed by atoms with Crippen LogP contribution in [0.1, 0.15) is 19.1 Å². The molecule has 1 aliphatic heterocycles. The molecule has 2 atom stereocenters. The van der Waals surface area contributed by atoms with Gasteiger partial charge in [-0.05, 0) is 6.42 Å². The Morgan fingerprint density at radius 1 is 1.75 bits per heavy atom. The zero-order valence-corrected chi connectivity index (χ0v) is 10.9. The number of nitrogens with zero attached hydrogens (tertiary/aromatic N) is 3. The van der Waals surface area contributed by atoms with Crippen molar-refractivity contribution >= 4 is 17.1 Å². The van der Waals surface area contributed by atoms with Gasteiger partial charge in [0.15, 0.2) is 17.0 Å². The van der Waals surface area contributed by atoms with E-state index in [1.165, 1.54) is 13.4 Å². The summed E-state index contributed by atoms with van der Waals surface area (Å²) < 4.78 is 12.6. The lowest BCUT2D eigenvalue weighted by Gasteiger charge is -2.25. The zero-order chi connectivity index (χ0) is 14.3. The molecule has 2 aromatic rings. The van der Waals surface area contributed by atoms with Gasteiger partial charge >= 0.3 is 0 Å². The van der Waals surface area contributed by atoms with Gasteiger partial charge in [-0.25, -0.2) is 4.98 Å². The molecule has 0 radical (unpaired) electrons. The Morgan fingerprint density at radius 3 is 3.20 bits per heavy atom. The van der Waals surface area contributed by atoms with Crippen LogP contribution >= 0.6 is 0 Å². The van der Waals surface area contributed by atoms with E-state index >= 15 is 0 Å². The molecule has 1 fully saturated rings. The molecule has 0 amide bonds. The first-order valence-electron chi connectivity index (χ1n) is 6.15. The zero-order valence-electron chi connectivity index (χ0n) is 10.9. The van der Waals surface area contributed by atoms with Crippen molar-refractivity contribution in [2.75, 3.05) is 19.5 Å². The molecule has 0 bridgehead atoms. The number of ether oxygens (including phenoxy) is 2. The third kappa shape index (κ3) is 1.87. The standard InChI is InChI=1S/C11H15N5O4/c1-19-11(4-17)3-2-6(20-11)16-5-13-7-8(16)14-10(12)15-9(7)18/h5-6,17H,2-4H2,1H3,(H3,12,14,15,18)/t6-,11-/m1/s1. The number of nitrogens with one attached hydrogen (secondary N) is 1. The van der Waals surface area contributed by atoms with Gasteiger partial charge in [-0.15, -0.1) is 0 Å². The summed E-state index contributed by atoms with van der Waals surface area (Å²) in [7, 11) is 1.48. The van der Waals surface area contributed by atoms with Crippen molar-refractivity contribution < 1.29 is 14.6 Å². The van der Waals surface area contributed by atoms with Crippen LogP contribution in [0.2, 0.25) is 0 Å². The quantitative estimate of drug-likeness (QED) is 0.681. The molecule has 3 heterocycles. The van der Waals surface area contributed by atoms with Crippen LogP contribution in [-0.4, -0.2) is 44.1 Å². The number of nitrogen functional groups attached to an aromatic ring is 1. The summed E-state index contributed by atoms with van der Waals surface area (Å²) in [6, 6.07) is 0. The molecule has 0 aromatic carbocycles. The average Bonchev–Trinajstić information content (AvgIpc) is 3.02. The number of nitrogens with two attached hydrogens (primary N) is 1. The highest BCUT2D eigenvalue weighted by atomic mass is 16.7. The molecule has 9 heteroatoms. The molecule has 0 aliphatic carbocycles. The highest BCUT2D eigenvalue weighted by molar-refractivity contribution is 5.70. The van der Waals surface area contributed by atoms with E-state index in [-0.39, 0.29) is 18.1 Å². The van der Waals surface area contributed by atoms with Crippen LogP contribution in [0.4, 0.5) is 5.95 Å². The predicted octanol–water partition coefficient (Wildman–Crippen LogP) is -0.654. The van der Waals surface area contributed by atoms with Gasteiger partial charge in [0, 0.05) is 13.5 Å². The van der Waals surface area contributed by atoms with E-state index in [0.29, 0.717) is 18.5 Å². The molecule has 2 aromatic heterocycles. The molecule has 108 valence electrons. The maximum Gasteiger partial charge on any atom is 0.280 e. The van der Waals surface area contributed by atoms with E-state index in [1.54, 1.807) is 4.57 Å². The number of aliphatic hydroxyl groups excluding tert-OH is 1. The van der Waals surface area contributed by atoms with Crippen LogP contribution in [0.3, 0.4) is 0 Å². The number of hydrogen-bond acceptors (Lipinski definition) is 7. The fourth-order valence-electron chi connectivity index (χ4n) is 2.39. The highest BCUT2D eigenvalue weighted by Gasteiger charge is 2.41. The molecule has 1 aliphatic rings. The van der Waals surface area contributed by atoms with E-state index in [9.17, 15) is 9.90 Å². The molecular formula is C11H15N5O4. The summed E-state index contributed by atoms with van der Waals surface area (Å²) >= 11 is 0. The van der Waals surface area contributed by atoms with Gasteiger partial charge in [0.05, 0.1) is 12.9 Å². The lowest BCUT2D eigenvalue weighted by atomic mass is 10.2. The van der Waals surface area contributed by atoms with Crippen LogP contribution in [-0.2, 0) is 9.47 Å². The second-order valence-electron chi connectivity index (χ2n) is 4.66. The molecule has 4 N–H and O–H groups in total. The van der Waals surface area contributed by atoms with Crippen molar-refractivity contribution in [3.8, 4) is 0 Å². The van der Waals surface area contributed by atoms with Crippen molar-refractivity contribution in [3.63, 3.8) is 0 Å². The Kier molecular flexibility index (Phi) is 2.96. The Labute approximate surface area is 113 Å². The minimum atomic E-state index is -1.02. The average molecular weight is 281 g/mol. The fraction of sp³-hybridized carbons (Fsp3) is 0.545. The number of aromatic amines is 1. The van der Waals surface area contributed by atoms with Crippen molar-refractivity contribution in [3.05, 3.63) is 16.7 Å². The lowest BCUT2D eigenvalue weighted by molar-refractivity contribution is -0.241. The summed E-state index contributed by atoms with van der Waals surface area (Å²) in [5.41, 5.74) is 5.69. The number of H-pyrrole nitrogens is 1. The first kappa shape index (κ1) is 13.0. The summed E-state index contributed by atoms with van der Waals surface area (Å²) in [5, 5.41) is 9.37. The number of anilines is 1. The van der Waals surface area contributed by atoms with Gasteiger partial charge < -0.3 is 20.3 Å². The molecule has 0 spiro atoms. The Hall–Kier alpha value is -1.97.